The van der Waals surface area contributed by atoms with Gasteiger partial charge in [-0.2, -0.15) is 0 Å². The molecule has 0 spiro atoms. The van der Waals surface area contributed by atoms with Crippen LogP contribution in [0.2, 0.25) is 0 Å². The van der Waals surface area contributed by atoms with Crippen LogP contribution in [-0.2, 0) is 5.54 Å². The summed E-state index contributed by atoms with van der Waals surface area (Å²) in [6, 6.07) is 5.91. The second kappa shape index (κ2) is 4.40. The van der Waals surface area contributed by atoms with E-state index in [4.69, 9.17) is 5.73 Å². The minimum Gasteiger partial charge on any atom is -0.398 e. The number of aromatic nitrogens is 4. The van der Waals surface area contributed by atoms with Gasteiger partial charge in [-0.15, -0.1) is 5.10 Å². The van der Waals surface area contributed by atoms with Crippen molar-refractivity contribution in [1.29, 1.82) is 0 Å². The van der Waals surface area contributed by atoms with Gasteiger partial charge in [-0.1, -0.05) is 19.1 Å². The van der Waals surface area contributed by atoms with E-state index in [1.807, 2.05) is 29.8 Å². The number of tetrazole rings is 1. The zero-order valence-electron chi connectivity index (χ0n) is 11.3. The minimum absolute atomic E-state index is 0.130. The van der Waals surface area contributed by atoms with Gasteiger partial charge in [-0.3, -0.25) is 0 Å². The molecule has 0 aliphatic carbocycles. The lowest BCUT2D eigenvalue weighted by Crippen LogP contribution is -2.27. The Morgan fingerprint density at radius 1 is 1.33 bits per heavy atom. The molecule has 0 saturated carbocycles. The van der Waals surface area contributed by atoms with Gasteiger partial charge in [0, 0.05) is 11.3 Å². The Morgan fingerprint density at radius 2 is 2.06 bits per heavy atom. The van der Waals surface area contributed by atoms with Crippen molar-refractivity contribution >= 4 is 5.69 Å². The quantitative estimate of drug-likeness (QED) is 0.843. The zero-order chi connectivity index (χ0) is 13.3. The summed E-state index contributed by atoms with van der Waals surface area (Å²) in [6.45, 7) is 8.32. The molecule has 0 saturated heterocycles. The minimum atomic E-state index is -0.130. The summed E-state index contributed by atoms with van der Waals surface area (Å²) < 4.78 is 1.85. The Labute approximate surface area is 107 Å². The molecule has 5 nitrogen and oxygen atoms in total. The predicted molar refractivity (Wildman–Crippen MR) is 72.0 cm³/mol. The lowest BCUT2D eigenvalue weighted by Gasteiger charge is -2.24. The fourth-order valence-electron chi connectivity index (χ4n) is 1.79. The van der Waals surface area contributed by atoms with Crippen LogP contribution < -0.4 is 5.73 Å². The number of nitrogen functional groups attached to an aromatic ring is 1. The van der Waals surface area contributed by atoms with E-state index in [0.29, 0.717) is 0 Å². The second-order valence-corrected chi connectivity index (χ2v) is 5.12. The molecule has 0 radical (unpaired) electrons. The molecule has 96 valence electrons. The predicted octanol–water partition coefficient (Wildman–Crippen LogP) is 2.38. The molecule has 2 aromatic rings. The van der Waals surface area contributed by atoms with Crippen LogP contribution in [0.3, 0.4) is 0 Å². The maximum absolute atomic E-state index is 6.12. The van der Waals surface area contributed by atoms with E-state index in [0.717, 1.165) is 29.1 Å². The number of nitrogens with zero attached hydrogens (tertiary/aromatic N) is 4. The highest BCUT2D eigenvalue weighted by Gasteiger charge is 2.24. The van der Waals surface area contributed by atoms with E-state index in [9.17, 15) is 0 Å². The van der Waals surface area contributed by atoms with Crippen LogP contribution in [0.25, 0.3) is 11.4 Å². The Hall–Kier alpha value is -1.91. The van der Waals surface area contributed by atoms with Crippen molar-refractivity contribution < 1.29 is 0 Å². The lowest BCUT2D eigenvalue weighted by molar-refractivity contribution is 0.305. The molecule has 0 unspecified atom stereocenters. The molecule has 1 aromatic carbocycles. The third-order valence-corrected chi connectivity index (χ3v) is 3.47. The van der Waals surface area contributed by atoms with E-state index in [1.165, 1.54) is 0 Å². The molecule has 0 fully saturated rings. The van der Waals surface area contributed by atoms with E-state index in [1.54, 1.807) is 0 Å². The number of rotatable bonds is 3. The monoisotopic (exact) mass is 245 g/mol. The molecular weight excluding hydrogens is 226 g/mol. The van der Waals surface area contributed by atoms with Crippen molar-refractivity contribution in [3.8, 4) is 11.4 Å². The average molecular weight is 245 g/mol. The van der Waals surface area contributed by atoms with Crippen molar-refractivity contribution in [2.75, 3.05) is 5.73 Å². The Morgan fingerprint density at radius 3 is 2.72 bits per heavy atom. The van der Waals surface area contributed by atoms with Crippen molar-refractivity contribution in [1.82, 2.24) is 20.2 Å². The van der Waals surface area contributed by atoms with Gasteiger partial charge in [0.1, 0.15) is 0 Å². The molecule has 2 rings (SSSR count). The van der Waals surface area contributed by atoms with Gasteiger partial charge in [-0.25, -0.2) is 4.68 Å². The Kier molecular flexibility index (Phi) is 3.07. The molecule has 2 N–H and O–H groups in total. The van der Waals surface area contributed by atoms with Crippen LogP contribution in [-0.4, -0.2) is 20.2 Å². The maximum atomic E-state index is 6.12. The maximum Gasteiger partial charge on any atom is 0.184 e. The number of benzene rings is 1. The summed E-state index contributed by atoms with van der Waals surface area (Å²) >= 11 is 0. The first-order chi connectivity index (χ1) is 8.47. The third kappa shape index (κ3) is 1.96. The van der Waals surface area contributed by atoms with Gasteiger partial charge in [-0.05, 0) is 49.2 Å². The van der Waals surface area contributed by atoms with Gasteiger partial charge in [0.05, 0.1) is 5.54 Å². The number of anilines is 1. The van der Waals surface area contributed by atoms with Crippen LogP contribution >= 0.6 is 0 Å². The molecule has 0 aliphatic rings. The normalized spacial score (nSPS) is 11.8. The molecule has 0 amide bonds. The number of aryl methyl sites for hydroxylation is 1. The van der Waals surface area contributed by atoms with E-state index in [2.05, 4.69) is 36.3 Å². The van der Waals surface area contributed by atoms with Gasteiger partial charge >= 0.3 is 0 Å². The summed E-state index contributed by atoms with van der Waals surface area (Å²) in [7, 11) is 0. The molecule has 1 aromatic heterocycles. The average Bonchev–Trinajstić information content (AvgIpc) is 2.82. The van der Waals surface area contributed by atoms with Crippen LogP contribution in [0.5, 0.6) is 0 Å². The van der Waals surface area contributed by atoms with Gasteiger partial charge < -0.3 is 5.73 Å². The summed E-state index contributed by atoms with van der Waals surface area (Å²) in [6.07, 6.45) is 0.941. The van der Waals surface area contributed by atoms with Gasteiger partial charge in [0.15, 0.2) is 5.82 Å². The third-order valence-electron chi connectivity index (χ3n) is 3.47. The first-order valence-electron chi connectivity index (χ1n) is 6.11. The SMILES string of the molecule is CCC(C)(C)n1nnnc1-c1cccc(C)c1N. The molecule has 0 atom stereocenters. The molecule has 18 heavy (non-hydrogen) atoms. The summed E-state index contributed by atoms with van der Waals surface area (Å²) in [5.41, 5.74) is 8.65. The zero-order valence-corrected chi connectivity index (χ0v) is 11.3. The highest BCUT2D eigenvalue weighted by molar-refractivity contribution is 5.74. The highest BCUT2D eigenvalue weighted by Crippen LogP contribution is 2.30. The second-order valence-electron chi connectivity index (χ2n) is 5.12. The standard InChI is InChI=1S/C13H19N5/c1-5-13(3,4)18-12(15-16-17-18)10-8-6-7-9(2)11(10)14/h6-8H,5,14H2,1-4H3. The summed E-state index contributed by atoms with van der Waals surface area (Å²) in [5, 5.41) is 12.0. The smallest absolute Gasteiger partial charge is 0.184 e. The van der Waals surface area contributed by atoms with Crippen LogP contribution in [0.4, 0.5) is 5.69 Å². The van der Waals surface area contributed by atoms with Crippen molar-refractivity contribution in [3.63, 3.8) is 0 Å². The van der Waals surface area contributed by atoms with E-state index < -0.39 is 0 Å². The number of hydrogen-bond donors (Lipinski definition) is 1. The van der Waals surface area contributed by atoms with Crippen LogP contribution in [0.1, 0.15) is 32.8 Å². The number of para-hydroxylation sites is 1. The number of hydrogen-bond acceptors (Lipinski definition) is 4. The summed E-state index contributed by atoms with van der Waals surface area (Å²) in [5.74, 6) is 0.725. The molecule has 0 bridgehead atoms. The lowest BCUT2D eigenvalue weighted by atomic mass is 10.0. The fourth-order valence-corrected chi connectivity index (χ4v) is 1.79. The van der Waals surface area contributed by atoms with Gasteiger partial charge in [0.25, 0.3) is 0 Å². The van der Waals surface area contributed by atoms with E-state index >= 15 is 0 Å². The topological polar surface area (TPSA) is 69.6 Å². The first kappa shape index (κ1) is 12.5. The van der Waals surface area contributed by atoms with Crippen LogP contribution in [0, 0.1) is 6.92 Å². The van der Waals surface area contributed by atoms with E-state index in [-0.39, 0.29) is 5.54 Å². The van der Waals surface area contributed by atoms with Crippen molar-refractivity contribution in [2.24, 2.45) is 0 Å². The van der Waals surface area contributed by atoms with Crippen molar-refractivity contribution in [2.45, 2.75) is 39.7 Å². The highest BCUT2D eigenvalue weighted by atomic mass is 15.6. The van der Waals surface area contributed by atoms with Gasteiger partial charge in [0.2, 0.25) is 0 Å². The Bertz CT molecular complexity index is 556. The Balaban J connectivity index is 2.60. The molecule has 1 heterocycles. The number of nitrogens with two attached hydrogens (primary N) is 1. The summed E-state index contributed by atoms with van der Waals surface area (Å²) in [4.78, 5) is 0. The van der Waals surface area contributed by atoms with Crippen LogP contribution in [0.15, 0.2) is 18.2 Å². The molecule has 5 heteroatoms. The van der Waals surface area contributed by atoms with Crippen molar-refractivity contribution in [3.05, 3.63) is 23.8 Å². The largest absolute Gasteiger partial charge is 0.398 e. The molecule has 0 aliphatic heterocycles. The molecular formula is C13H19N5. The first-order valence-corrected chi connectivity index (χ1v) is 6.11. The fraction of sp³-hybridized carbons (Fsp3) is 0.462.